The number of benzene rings is 6. The first kappa shape index (κ1) is 38.3. The van der Waals surface area contributed by atoms with Crippen molar-refractivity contribution in [3.63, 3.8) is 0 Å². The van der Waals surface area contributed by atoms with Crippen LogP contribution < -0.4 is 77.9 Å². The van der Waals surface area contributed by atoms with E-state index in [4.69, 9.17) is 0 Å². The first-order chi connectivity index (χ1) is 21.2. The maximum atomic E-state index is 12.4. The molecule has 0 N–H and O–H groups in total. The van der Waals surface area contributed by atoms with Gasteiger partial charge in [0.1, 0.15) is 5.82 Å². The summed E-state index contributed by atoms with van der Waals surface area (Å²) in [4.78, 5) is 21.4. The number of hydrogen-bond donors (Lipinski definition) is 0. The van der Waals surface area contributed by atoms with Gasteiger partial charge >= 0.3 is 51.4 Å². The Morgan fingerprint density at radius 3 is 1.22 bits per heavy atom. The van der Waals surface area contributed by atoms with Gasteiger partial charge in [0.15, 0.2) is 12.6 Å². The maximum absolute atomic E-state index is 12.4. The third kappa shape index (κ3) is 12.4. The molecular formula is C39H34FKO2P2. The van der Waals surface area contributed by atoms with Crippen molar-refractivity contribution in [1.29, 1.82) is 0 Å². The van der Waals surface area contributed by atoms with Crippen molar-refractivity contribution >= 4 is 55.6 Å². The molecule has 45 heavy (non-hydrogen) atoms. The van der Waals surface area contributed by atoms with Crippen molar-refractivity contribution in [1.82, 2.24) is 0 Å². The fourth-order valence-electron chi connectivity index (χ4n) is 4.10. The molecule has 220 valence electrons. The van der Waals surface area contributed by atoms with Crippen molar-refractivity contribution in [3.8, 4) is 0 Å². The number of rotatable bonds is 7. The molecule has 0 aliphatic rings. The molecule has 0 aliphatic heterocycles. The van der Waals surface area contributed by atoms with Gasteiger partial charge in [0.25, 0.3) is 0 Å². The number of halogens is 1. The van der Waals surface area contributed by atoms with Gasteiger partial charge in [0, 0.05) is 5.56 Å². The average Bonchev–Trinajstić information content (AvgIpc) is 3.08. The first-order valence-corrected chi connectivity index (χ1v) is 15.9. The van der Waals surface area contributed by atoms with E-state index in [2.05, 4.69) is 103 Å². The molecule has 6 aromatic carbocycles. The van der Waals surface area contributed by atoms with E-state index in [1.807, 2.05) is 42.5 Å². The molecule has 0 atom stereocenters. The Bertz CT molecular complexity index is 1610. The van der Waals surface area contributed by atoms with Crippen LogP contribution in [-0.4, -0.2) is 12.6 Å². The Hall–Kier alpha value is -2.91. The first-order valence-electron chi connectivity index (χ1n) is 13.7. The summed E-state index contributed by atoms with van der Waals surface area (Å²) in [5, 5.41) is 6.31. The Morgan fingerprint density at radius 1 is 0.467 bits per heavy atom. The van der Waals surface area contributed by atoms with E-state index < -0.39 is 13.7 Å². The molecule has 0 saturated carbocycles. The van der Waals surface area contributed by atoms with Crippen LogP contribution in [0.2, 0.25) is 0 Å². The van der Waals surface area contributed by atoms with Crippen LogP contribution in [0.1, 0.15) is 28.1 Å². The SMILES string of the molecule is C.O=Cc1ccccc1F.O=Cc1ccccc1P(c1ccccc1)c1ccccc1.[K+].c1ccc([P-]c2ccccc2)cc1. The summed E-state index contributed by atoms with van der Waals surface area (Å²) in [6.45, 7) is 0. The van der Waals surface area contributed by atoms with Crippen molar-refractivity contribution in [2.75, 3.05) is 0 Å². The molecule has 0 bridgehead atoms. The van der Waals surface area contributed by atoms with Crippen molar-refractivity contribution < 1.29 is 65.4 Å². The minimum atomic E-state index is -0.704. The van der Waals surface area contributed by atoms with E-state index >= 15 is 0 Å². The molecule has 0 unspecified atom stereocenters. The summed E-state index contributed by atoms with van der Waals surface area (Å²) >= 11 is 0. The van der Waals surface area contributed by atoms with Gasteiger partial charge in [-0.15, -0.1) is 0 Å². The molecule has 0 spiro atoms. The predicted molar refractivity (Wildman–Crippen MR) is 188 cm³/mol. The van der Waals surface area contributed by atoms with Crippen LogP contribution in [-0.2, 0) is 0 Å². The van der Waals surface area contributed by atoms with E-state index in [0.717, 1.165) is 17.2 Å². The van der Waals surface area contributed by atoms with Gasteiger partial charge in [-0.05, 0) is 36.0 Å². The van der Waals surface area contributed by atoms with Gasteiger partial charge in [-0.3, -0.25) is 9.59 Å². The van der Waals surface area contributed by atoms with Crippen molar-refractivity contribution in [2.45, 2.75) is 7.43 Å². The molecular weight excluding hydrogens is 620 g/mol. The van der Waals surface area contributed by atoms with Gasteiger partial charge in [-0.25, -0.2) is 15.0 Å². The Kier molecular flexibility index (Phi) is 18.5. The zero-order chi connectivity index (χ0) is 30.1. The molecule has 0 aliphatic carbocycles. The quantitative estimate of drug-likeness (QED) is 0.136. The molecule has 0 heterocycles. The van der Waals surface area contributed by atoms with Gasteiger partial charge in [0.2, 0.25) is 0 Å². The number of carbonyl (C=O) groups excluding carboxylic acids is 2. The zero-order valence-electron chi connectivity index (χ0n) is 24.4. The summed E-state index contributed by atoms with van der Waals surface area (Å²) in [7, 11) is 0.578. The van der Waals surface area contributed by atoms with Crippen LogP contribution in [0.25, 0.3) is 0 Å². The summed E-state index contributed by atoms with van der Waals surface area (Å²) in [6, 6.07) is 55.5. The second-order valence-electron chi connectivity index (χ2n) is 9.11. The third-order valence-corrected chi connectivity index (χ3v) is 9.77. The van der Waals surface area contributed by atoms with Crippen LogP contribution >= 0.6 is 16.5 Å². The van der Waals surface area contributed by atoms with Crippen LogP contribution in [0, 0.1) is 5.82 Å². The van der Waals surface area contributed by atoms with E-state index in [9.17, 15) is 14.0 Å². The summed E-state index contributed by atoms with van der Waals surface area (Å²) in [5.41, 5.74) is 0.883. The van der Waals surface area contributed by atoms with Crippen LogP contribution in [0.4, 0.5) is 4.39 Å². The summed E-state index contributed by atoms with van der Waals surface area (Å²) in [6.07, 6.45) is 1.45. The van der Waals surface area contributed by atoms with Gasteiger partial charge in [-0.1, -0.05) is 165 Å². The summed E-state index contributed by atoms with van der Waals surface area (Å²) < 4.78 is 12.4. The fraction of sp³-hybridized carbons (Fsp3) is 0.0256. The van der Waals surface area contributed by atoms with E-state index in [1.165, 1.54) is 41.9 Å². The largest absolute Gasteiger partial charge is 1.00 e. The molecule has 6 heteroatoms. The van der Waals surface area contributed by atoms with Gasteiger partial charge in [-0.2, -0.15) is 0 Å². The molecule has 2 nitrogen and oxygen atoms in total. The molecule has 6 rings (SSSR count). The Labute approximate surface area is 312 Å². The molecule has 0 amide bonds. The molecule has 6 aromatic rings. The minimum Gasteiger partial charge on any atom is -0.472 e. The number of hydrogen-bond acceptors (Lipinski definition) is 2. The molecule has 0 radical (unpaired) electrons. The molecule has 0 saturated heterocycles. The Morgan fingerprint density at radius 2 is 0.822 bits per heavy atom. The topological polar surface area (TPSA) is 34.1 Å². The van der Waals surface area contributed by atoms with Gasteiger partial charge in [0.05, 0.1) is 5.56 Å². The number of aldehydes is 2. The molecule has 0 fully saturated rings. The Balaban J connectivity index is 0.000000252. The van der Waals surface area contributed by atoms with E-state index in [0.29, 0.717) is 6.29 Å². The average molecular weight is 655 g/mol. The van der Waals surface area contributed by atoms with Crippen molar-refractivity contribution in [2.24, 2.45) is 0 Å². The second-order valence-corrected chi connectivity index (χ2v) is 12.5. The second kappa shape index (κ2) is 21.8. The van der Waals surface area contributed by atoms with Crippen LogP contribution in [0.3, 0.4) is 0 Å². The van der Waals surface area contributed by atoms with Crippen LogP contribution in [0.5, 0.6) is 0 Å². The van der Waals surface area contributed by atoms with Gasteiger partial charge < -0.3 is 8.58 Å². The third-order valence-electron chi connectivity index (χ3n) is 6.14. The van der Waals surface area contributed by atoms with E-state index in [1.54, 1.807) is 12.1 Å². The van der Waals surface area contributed by atoms with Crippen molar-refractivity contribution in [3.05, 3.63) is 187 Å². The monoisotopic (exact) mass is 654 g/mol. The van der Waals surface area contributed by atoms with E-state index in [-0.39, 0.29) is 64.4 Å². The number of carbonyl (C=O) groups is 2. The zero-order valence-corrected chi connectivity index (χ0v) is 29.3. The minimum absolute atomic E-state index is 0. The maximum Gasteiger partial charge on any atom is 1.00 e. The normalized spacial score (nSPS) is 9.56. The fourth-order valence-corrected chi connectivity index (χ4v) is 7.45. The smallest absolute Gasteiger partial charge is 0.472 e. The molecule has 0 aromatic heterocycles. The summed E-state index contributed by atoms with van der Waals surface area (Å²) in [5.74, 6) is -0.465. The standard InChI is InChI=1S/C19H15OP.C12H10P.C7H5FO.CH4.K/c20-15-16-9-7-8-14-19(16)21(17-10-3-1-4-11-17)18-12-5-2-6-13-18;1-3-7-11(8-4-1)13-12-9-5-2-6-10-12;8-7-4-2-1-3-6(7)5-9;;/h1-15H;1-10H;1-5H;1H4;/q;-1;;;+1. The predicted octanol–water partition coefficient (Wildman–Crippen LogP) is 5.12. The van der Waals surface area contributed by atoms with Crippen LogP contribution in [0.15, 0.2) is 170 Å².